The summed E-state index contributed by atoms with van der Waals surface area (Å²) in [4.78, 5) is 46.8. The summed E-state index contributed by atoms with van der Waals surface area (Å²) >= 11 is 0. The molecule has 0 spiro atoms. The van der Waals surface area contributed by atoms with Gasteiger partial charge in [0.25, 0.3) is 5.91 Å². The van der Waals surface area contributed by atoms with Gasteiger partial charge in [-0.2, -0.15) is 0 Å². The van der Waals surface area contributed by atoms with Gasteiger partial charge >= 0.3 is 6.03 Å². The number of likely N-dealkylation sites (tertiary alicyclic amines) is 2. The number of carbonyl (C=O) groups is 3. The number of aryl methyl sites for hydroxylation is 2. The zero-order valence-electron chi connectivity index (χ0n) is 34.3. The van der Waals surface area contributed by atoms with E-state index in [4.69, 9.17) is 10.5 Å². The molecule has 0 aliphatic carbocycles. The van der Waals surface area contributed by atoms with Crippen molar-refractivity contribution >= 4 is 45.9 Å². The molecule has 4 aliphatic rings. The summed E-state index contributed by atoms with van der Waals surface area (Å²) < 4.78 is 8.68. The molecule has 1 atom stereocenters. The fraction of sp³-hybridized carbons (Fsp3) is 0.413. The maximum Gasteiger partial charge on any atom is 0.328 e. The van der Waals surface area contributed by atoms with Crippen LogP contribution in [0.1, 0.15) is 71.4 Å². The van der Waals surface area contributed by atoms with E-state index in [1.807, 2.05) is 48.2 Å². The first kappa shape index (κ1) is 39.5. The van der Waals surface area contributed by atoms with Gasteiger partial charge in [0.15, 0.2) is 5.82 Å². The lowest BCUT2D eigenvalue weighted by molar-refractivity contribution is -0.120. The molecule has 6 heterocycles. The predicted octanol–water partition coefficient (Wildman–Crippen LogP) is 6.22. The molecule has 4 fully saturated rings. The van der Waals surface area contributed by atoms with E-state index in [0.717, 1.165) is 97.4 Å². The van der Waals surface area contributed by atoms with E-state index in [2.05, 4.69) is 55.0 Å². The molecule has 4 aliphatic heterocycles. The largest absolute Gasteiger partial charge is 0.507 e. The Balaban J connectivity index is 0.777. The monoisotopic (exact) mass is 811 g/mol. The molecule has 0 saturated carbocycles. The molecule has 0 radical (unpaired) electrons. The number of imide groups is 1. The Bertz CT molecular complexity index is 2430. The van der Waals surface area contributed by atoms with Crippen molar-refractivity contribution in [3.05, 3.63) is 95.2 Å². The minimum atomic E-state index is -0.356. The van der Waals surface area contributed by atoms with Gasteiger partial charge in [-0.15, -0.1) is 10.2 Å². The Labute approximate surface area is 349 Å². The Hall–Kier alpha value is -5.99. The number of phenolic OH excluding ortho intramolecular Hbond substituents is 1. The number of rotatable bonds is 8. The fourth-order valence-corrected chi connectivity index (χ4v) is 9.76. The third-order valence-corrected chi connectivity index (χ3v) is 13.0. The van der Waals surface area contributed by atoms with Crippen LogP contribution in [0, 0.1) is 19.8 Å². The molecule has 312 valence electrons. The number of aromatic nitrogens is 3. The van der Waals surface area contributed by atoms with E-state index < -0.39 is 0 Å². The molecule has 0 bridgehead atoms. The topological polar surface area (TPSA) is 162 Å². The van der Waals surface area contributed by atoms with Gasteiger partial charge in [0, 0.05) is 87.0 Å². The van der Waals surface area contributed by atoms with Crippen LogP contribution in [0.4, 0.5) is 22.0 Å². The van der Waals surface area contributed by atoms with E-state index in [-0.39, 0.29) is 29.7 Å². The standard InChI is InChI=1S/C46H53N9O5/c1-29-24-32(42-28-53(22-23-60-42)40-26-37(49-50-44(40)47)35-6-3-4-9-41(35)56)10-11-34(29)45(58)52-19-12-31(13-20-52)27-51-17-14-33(15-18-51)55-30(2)25-36-38(7-5-8-39(36)55)54-21-16-43(57)48-46(54)59/h3-11,24-26,31,33,42,56H,12-23,27-28H2,1-2H3,(H2,47,50)(H,48,57,59)/t42-/m0/s1. The molecular weight excluding hydrogens is 759 g/mol. The number of phenols is 1. The number of nitrogen functional groups attached to an aromatic ring is 1. The van der Waals surface area contributed by atoms with Crippen LogP contribution in [0.15, 0.2) is 72.8 Å². The summed E-state index contributed by atoms with van der Waals surface area (Å²) in [6.45, 7) is 10.9. The van der Waals surface area contributed by atoms with E-state index >= 15 is 0 Å². The molecule has 9 rings (SSSR count). The molecule has 3 aromatic carbocycles. The van der Waals surface area contributed by atoms with Crippen LogP contribution in [-0.4, -0.2) is 106 Å². The van der Waals surface area contributed by atoms with Crippen molar-refractivity contribution in [2.75, 3.05) is 74.5 Å². The first-order valence-electron chi connectivity index (χ1n) is 21.2. The Morgan fingerprint density at radius 2 is 1.68 bits per heavy atom. The van der Waals surface area contributed by atoms with Crippen LogP contribution in [0.3, 0.4) is 0 Å². The van der Waals surface area contributed by atoms with E-state index in [1.165, 1.54) is 5.69 Å². The number of benzene rings is 3. The number of morpholine rings is 1. The van der Waals surface area contributed by atoms with Gasteiger partial charge in [-0.25, -0.2) is 4.79 Å². The molecule has 14 heteroatoms. The number of anilines is 3. The summed E-state index contributed by atoms with van der Waals surface area (Å²) in [5.41, 5.74) is 14.0. The van der Waals surface area contributed by atoms with Crippen LogP contribution in [0.5, 0.6) is 5.75 Å². The molecule has 14 nitrogen and oxygen atoms in total. The third kappa shape index (κ3) is 7.77. The van der Waals surface area contributed by atoms with Crippen molar-refractivity contribution in [1.82, 2.24) is 29.9 Å². The molecule has 60 heavy (non-hydrogen) atoms. The first-order valence-corrected chi connectivity index (χ1v) is 21.2. The maximum atomic E-state index is 13.9. The molecule has 2 aromatic heterocycles. The Morgan fingerprint density at radius 1 is 0.883 bits per heavy atom. The number of ether oxygens (including phenoxy) is 1. The number of aromatic hydroxyl groups is 1. The molecule has 4 amide bonds. The Kier molecular flexibility index (Phi) is 10.9. The highest BCUT2D eigenvalue weighted by Gasteiger charge is 2.31. The summed E-state index contributed by atoms with van der Waals surface area (Å²) in [5, 5.41) is 22.3. The summed E-state index contributed by atoms with van der Waals surface area (Å²) in [6, 6.07) is 23.3. The quantitative estimate of drug-likeness (QED) is 0.164. The minimum Gasteiger partial charge on any atom is -0.507 e. The highest BCUT2D eigenvalue weighted by Crippen LogP contribution is 2.37. The summed E-state index contributed by atoms with van der Waals surface area (Å²) in [5.74, 6) is 0.866. The second kappa shape index (κ2) is 16.6. The van der Waals surface area contributed by atoms with Crippen molar-refractivity contribution < 1.29 is 24.2 Å². The van der Waals surface area contributed by atoms with Crippen molar-refractivity contribution in [3.63, 3.8) is 0 Å². The average Bonchev–Trinajstić information content (AvgIpc) is 3.60. The molecular formula is C46H53N9O5. The highest BCUT2D eigenvalue weighted by molar-refractivity contribution is 6.09. The van der Waals surface area contributed by atoms with E-state index in [9.17, 15) is 19.5 Å². The smallest absolute Gasteiger partial charge is 0.328 e. The second-order valence-electron chi connectivity index (χ2n) is 16.8. The lowest BCUT2D eigenvalue weighted by Gasteiger charge is -2.38. The number of nitrogens with one attached hydrogen (secondary N) is 1. The maximum absolute atomic E-state index is 13.9. The lowest BCUT2D eigenvalue weighted by atomic mass is 9.93. The number of nitrogens with two attached hydrogens (primary N) is 1. The van der Waals surface area contributed by atoms with Gasteiger partial charge in [-0.1, -0.05) is 30.3 Å². The molecule has 4 saturated heterocycles. The minimum absolute atomic E-state index is 0.0868. The number of carbonyl (C=O) groups excluding carboxylic acids is 3. The summed E-state index contributed by atoms with van der Waals surface area (Å²) in [6.07, 6.45) is 4.18. The Morgan fingerprint density at radius 3 is 2.45 bits per heavy atom. The SMILES string of the molecule is Cc1cc([C@@H]2CN(c3cc(-c4ccccc4O)nnc3N)CCO2)ccc1C(=O)N1CCC(CN2CCC(n3c(C)cc4c(N5CCC(=O)NC5=O)cccc43)CC2)CC1. The van der Waals surface area contributed by atoms with Crippen LogP contribution < -0.4 is 20.9 Å². The van der Waals surface area contributed by atoms with Gasteiger partial charge in [0.2, 0.25) is 5.91 Å². The normalized spacial score (nSPS) is 19.9. The molecule has 4 N–H and O–H groups in total. The van der Waals surface area contributed by atoms with Crippen molar-refractivity contribution in [2.45, 2.75) is 58.1 Å². The number of amides is 4. The number of para-hydroxylation sites is 1. The number of hydrogen-bond donors (Lipinski definition) is 3. The number of hydrogen-bond acceptors (Lipinski definition) is 10. The number of nitrogens with zero attached hydrogens (tertiary/aromatic N) is 7. The second-order valence-corrected chi connectivity index (χ2v) is 16.8. The number of urea groups is 1. The van der Waals surface area contributed by atoms with Crippen LogP contribution in [0.2, 0.25) is 0 Å². The van der Waals surface area contributed by atoms with Crippen molar-refractivity contribution in [3.8, 4) is 17.0 Å². The molecule has 0 unspecified atom stereocenters. The van der Waals surface area contributed by atoms with Gasteiger partial charge in [-0.3, -0.25) is 19.8 Å². The van der Waals surface area contributed by atoms with E-state index in [1.54, 1.807) is 23.1 Å². The lowest BCUT2D eigenvalue weighted by Crippen LogP contribution is -2.49. The van der Waals surface area contributed by atoms with Crippen LogP contribution >= 0.6 is 0 Å². The van der Waals surface area contributed by atoms with Crippen molar-refractivity contribution in [2.24, 2.45) is 5.92 Å². The summed E-state index contributed by atoms with van der Waals surface area (Å²) in [7, 11) is 0. The van der Waals surface area contributed by atoms with Gasteiger partial charge in [0.05, 0.1) is 29.2 Å². The van der Waals surface area contributed by atoms with Gasteiger partial charge < -0.3 is 34.8 Å². The predicted molar refractivity (Wildman–Crippen MR) is 231 cm³/mol. The van der Waals surface area contributed by atoms with Crippen molar-refractivity contribution in [1.29, 1.82) is 0 Å². The first-order chi connectivity index (χ1) is 29.1. The van der Waals surface area contributed by atoms with E-state index in [0.29, 0.717) is 61.7 Å². The molecule has 5 aromatic rings. The van der Waals surface area contributed by atoms with Crippen LogP contribution in [0.25, 0.3) is 22.2 Å². The van der Waals surface area contributed by atoms with Gasteiger partial charge in [-0.05, 0) is 99.0 Å². The fourth-order valence-electron chi connectivity index (χ4n) is 9.76. The zero-order chi connectivity index (χ0) is 41.5. The van der Waals surface area contributed by atoms with Crippen LogP contribution in [-0.2, 0) is 9.53 Å². The average molecular weight is 812 g/mol. The number of piperidine rings is 2. The zero-order valence-corrected chi connectivity index (χ0v) is 34.3. The number of fused-ring (bicyclic) bond motifs is 1. The third-order valence-electron chi connectivity index (χ3n) is 13.0. The highest BCUT2D eigenvalue weighted by atomic mass is 16.5. The van der Waals surface area contributed by atoms with Gasteiger partial charge in [0.1, 0.15) is 11.9 Å².